The van der Waals surface area contributed by atoms with Gasteiger partial charge in [0.25, 0.3) is 5.88 Å². The van der Waals surface area contributed by atoms with Crippen LogP contribution < -0.4 is 10.1 Å². The minimum absolute atomic E-state index is 0.0940. The fourth-order valence-corrected chi connectivity index (χ4v) is 3.54. The van der Waals surface area contributed by atoms with Crippen molar-refractivity contribution in [3.63, 3.8) is 0 Å². The van der Waals surface area contributed by atoms with Crippen LogP contribution in [0.3, 0.4) is 0 Å². The molecule has 1 atom stereocenters. The molecule has 1 amide bonds. The molecule has 0 aromatic carbocycles. The number of likely N-dealkylation sites (tertiary alicyclic amines) is 1. The van der Waals surface area contributed by atoms with Crippen LogP contribution in [0.15, 0.2) is 30.6 Å². The predicted molar refractivity (Wildman–Crippen MR) is 109 cm³/mol. The Balaban J connectivity index is 1.68. The zero-order chi connectivity index (χ0) is 21.8. The van der Waals surface area contributed by atoms with E-state index in [1.54, 1.807) is 16.9 Å². The van der Waals surface area contributed by atoms with Gasteiger partial charge in [-0.05, 0) is 25.0 Å². The van der Waals surface area contributed by atoms with Gasteiger partial charge < -0.3 is 25.2 Å². The third-order valence-electron chi connectivity index (χ3n) is 5.04. The summed E-state index contributed by atoms with van der Waals surface area (Å²) in [5.74, 6) is -1.29. The Labute approximate surface area is 177 Å². The van der Waals surface area contributed by atoms with Crippen LogP contribution in [0.5, 0.6) is 5.88 Å². The standard InChI is InChI=1S/C20H23FN6O4/c21-17-19(22-6-9-28)24-18(14-10-23-27-8-2-1-5-15(14)27)25-20(17)31-13-4-3-7-26(11-13)16(30)12-29/h1-2,5,8,10,13,28-29H,3-4,6-7,9,11-12H2,(H,22,24,25)/t13-/m1/s1. The van der Waals surface area contributed by atoms with Crippen LogP contribution in [0.1, 0.15) is 12.8 Å². The lowest BCUT2D eigenvalue weighted by Gasteiger charge is -2.32. The number of hydrogen-bond acceptors (Lipinski definition) is 8. The number of piperidine rings is 1. The van der Waals surface area contributed by atoms with Crippen molar-refractivity contribution in [1.29, 1.82) is 0 Å². The van der Waals surface area contributed by atoms with Crippen molar-refractivity contribution in [3.8, 4) is 17.3 Å². The fourth-order valence-electron chi connectivity index (χ4n) is 3.54. The van der Waals surface area contributed by atoms with Crippen LogP contribution >= 0.6 is 0 Å². The number of amides is 1. The molecule has 1 saturated heterocycles. The quantitative estimate of drug-likeness (QED) is 0.500. The largest absolute Gasteiger partial charge is 0.470 e. The number of aliphatic hydroxyl groups is 2. The topological polar surface area (TPSA) is 125 Å². The number of carbonyl (C=O) groups is 1. The number of pyridine rings is 1. The van der Waals surface area contributed by atoms with Gasteiger partial charge in [-0.1, -0.05) is 6.07 Å². The van der Waals surface area contributed by atoms with Gasteiger partial charge >= 0.3 is 0 Å². The number of carbonyl (C=O) groups excluding carboxylic acids is 1. The number of ether oxygens (including phenoxy) is 1. The molecular formula is C20H23FN6O4. The van der Waals surface area contributed by atoms with Crippen LogP contribution in [-0.2, 0) is 4.79 Å². The van der Waals surface area contributed by atoms with Crippen LogP contribution in [0.25, 0.3) is 16.9 Å². The van der Waals surface area contributed by atoms with Gasteiger partial charge in [0, 0.05) is 19.3 Å². The molecule has 3 aromatic rings. The monoisotopic (exact) mass is 430 g/mol. The summed E-state index contributed by atoms with van der Waals surface area (Å²) in [6, 6.07) is 5.53. The fraction of sp³-hybridized carbons (Fsp3) is 0.400. The van der Waals surface area contributed by atoms with E-state index in [1.165, 1.54) is 4.90 Å². The van der Waals surface area contributed by atoms with E-state index in [0.29, 0.717) is 24.9 Å². The zero-order valence-electron chi connectivity index (χ0n) is 16.7. The average molecular weight is 430 g/mol. The van der Waals surface area contributed by atoms with Crippen LogP contribution in [0, 0.1) is 5.82 Å². The first kappa shape index (κ1) is 20.9. The molecule has 164 valence electrons. The molecule has 11 heteroatoms. The zero-order valence-corrected chi connectivity index (χ0v) is 16.7. The summed E-state index contributed by atoms with van der Waals surface area (Å²) in [7, 11) is 0. The molecule has 10 nitrogen and oxygen atoms in total. The molecule has 0 aliphatic carbocycles. The Hall–Kier alpha value is -3.31. The second-order valence-corrected chi connectivity index (χ2v) is 7.13. The Kier molecular flexibility index (Phi) is 6.23. The maximum absolute atomic E-state index is 15.1. The normalized spacial score (nSPS) is 16.5. The van der Waals surface area contributed by atoms with E-state index >= 15 is 4.39 Å². The van der Waals surface area contributed by atoms with E-state index in [0.717, 1.165) is 5.52 Å². The number of anilines is 1. The van der Waals surface area contributed by atoms with Crippen molar-refractivity contribution in [3.05, 3.63) is 36.4 Å². The van der Waals surface area contributed by atoms with Crippen molar-refractivity contribution in [1.82, 2.24) is 24.5 Å². The maximum Gasteiger partial charge on any atom is 0.256 e. The van der Waals surface area contributed by atoms with E-state index in [-0.39, 0.29) is 37.2 Å². The van der Waals surface area contributed by atoms with Gasteiger partial charge in [0.15, 0.2) is 11.6 Å². The van der Waals surface area contributed by atoms with Crippen LogP contribution in [0.2, 0.25) is 0 Å². The molecule has 1 aliphatic heterocycles. The van der Waals surface area contributed by atoms with E-state index in [4.69, 9.17) is 14.9 Å². The van der Waals surface area contributed by atoms with Gasteiger partial charge in [0.1, 0.15) is 12.7 Å². The lowest BCUT2D eigenvalue weighted by Crippen LogP contribution is -2.45. The van der Waals surface area contributed by atoms with Gasteiger partial charge in [0.2, 0.25) is 11.7 Å². The first-order valence-electron chi connectivity index (χ1n) is 10.0. The second kappa shape index (κ2) is 9.23. The third-order valence-corrected chi connectivity index (χ3v) is 5.04. The van der Waals surface area contributed by atoms with E-state index in [1.807, 2.05) is 18.2 Å². The molecule has 4 heterocycles. The van der Waals surface area contributed by atoms with Gasteiger partial charge in [-0.2, -0.15) is 14.5 Å². The number of hydrogen-bond donors (Lipinski definition) is 3. The SMILES string of the molecule is O=C(CO)N1CCC[C@@H](Oc2nc(-c3cnn4ccccc34)nc(NCCO)c2F)C1. The minimum Gasteiger partial charge on any atom is -0.470 e. The molecule has 31 heavy (non-hydrogen) atoms. The predicted octanol–water partition coefficient (Wildman–Crippen LogP) is 0.697. The van der Waals surface area contributed by atoms with E-state index in [2.05, 4.69) is 20.4 Å². The van der Waals surface area contributed by atoms with Crippen molar-refractivity contribution in [2.75, 3.05) is 38.2 Å². The van der Waals surface area contributed by atoms with Crippen LogP contribution in [0.4, 0.5) is 10.2 Å². The molecule has 1 fully saturated rings. The number of fused-ring (bicyclic) bond motifs is 1. The van der Waals surface area contributed by atoms with Gasteiger partial charge in [-0.15, -0.1) is 0 Å². The summed E-state index contributed by atoms with van der Waals surface area (Å²) in [4.78, 5) is 21.9. The lowest BCUT2D eigenvalue weighted by molar-refractivity contribution is -0.136. The number of aromatic nitrogens is 4. The second-order valence-electron chi connectivity index (χ2n) is 7.13. The van der Waals surface area contributed by atoms with E-state index in [9.17, 15) is 4.79 Å². The highest BCUT2D eigenvalue weighted by Gasteiger charge is 2.27. The Morgan fingerprint density at radius 2 is 2.19 bits per heavy atom. The Morgan fingerprint density at radius 3 is 3.00 bits per heavy atom. The van der Waals surface area contributed by atoms with Gasteiger partial charge in [-0.25, -0.2) is 9.50 Å². The molecule has 1 aliphatic rings. The summed E-state index contributed by atoms with van der Waals surface area (Å²) in [5.41, 5.74) is 1.34. The van der Waals surface area contributed by atoms with Crippen LogP contribution in [-0.4, -0.2) is 79.6 Å². The first-order chi connectivity index (χ1) is 15.1. The molecule has 0 radical (unpaired) electrons. The van der Waals surface area contributed by atoms with Gasteiger partial charge in [-0.3, -0.25) is 4.79 Å². The highest BCUT2D eigenvalue weighted by atomic mass is 19.1. The number of rotatable bonds is 7. The molecular weight excluding hydrogens is 407 g/mol. The molecule has 3 aromatic heterocycles. The highest BCUT2D eigenvalue weighted by Crippen LogP contribution is 2.29. The number of nitrogens with zero attached hydrogens (tertiary/aromatic N) is 5. The average Bonchev–Trinajstić information content (AvgIpc) is 3.23. The molecule has 0 spiro atoms. The summed E-state index contributed by atoms with van der Waals surface area (Å²) in [6.07, 6.45) is 4.17. The molecule has 3 N–H and O–H groups in total. The third kappa shape index (κ3) is 4.42. The Bertz CT molecular complexity index is 1080. The lowest BCUT2D eigenvalue weighted by atomic mass is 10.1. The van der Waals surface area contributed by atoms with E-state index < -0.39 is 24.4 Å². The number of aliphatic hydroxyl groups excluding tert-OH is 2. The summed E-state index contributed by atoms with van der Waals surface area (Å²) in [6.45, 7) is 0.0652. The van der Waals surface area contributed by atoms with Gasteiger partial charge in [0.05, 0.1) is 30.4 Å². The van der Waals surface area contributed by atoms with Crippen molar-refractivity contribution in [2.24, 2.45) is 0 Å². The highest BCUT2D eigenvalue weighted by molar-refractivity contribution is 5.77. The first-order valence-corrected chi connectivity index (χ1v) is 10.0. The Morgan fingerprint density at radius 1 is 1.32 bits per heavy atom. The number of nitrogens with one attached hydrogen (secondary N) is 1. The van der Waals surface area contributed by atoms with Crippen molar-refractivity contribution >= 4 is 17.2 Å². The van der Waals surface area contributed by atoms with Crippen molar-refractivity contribution < 1.29 is 24.1 Å². The summed E-state index contributed by atoms with van der Waals surface area (Å²) in [5, 5.41) is 25.2. The molecule has 0 saturated carbocycles. The molecule has 4 rings (SSSR count). The smallest absolute Gasteiger partial charge is 0.256 e. The summed E-state index contributed by atoms with van der Waals surface area (Å²) >= 11 is 0. The minimum atomic E-state index is -0.778. The summed E-state index contributed by atoms with van der Waals surface area (Å²) < 4.78 is 22.6. The molecule has 0 unspecified atom stereocenters. The molecule has 0 bridgehead atoms. The maximum atomic E-state index is 15.1. The number of halogens is 1. The van der Waals surface area contributed by atoms with Crippen molar-refractivity contribution in [2.45, 2.75) is 18.9 Å².